The second-order valence-electron chi connectivity index (χ2n) is 4.23. The number of aryl methyl sites for hydroxylation is 1. The first-order valence-corrected chi connectivity index (χ1v) is 6.74. The summed E-state index contributed by atoms with van der Waals surface area (Å²) in [6.45, 7) is 2.68. The van der Waals surface area contributed by atoms with Gasteiger partial charge in [-0.2, -0.15) is 0 Å². The predicted molar refractivity (Wildman–Crippen MR) is 67.8 cm³/mol. The van der Waals surface area contributed by atoms with E-state index in [-0.39, 0.29) is 0 Å². The minimum absolute atomic E-state index is 0.328. The Bertz CT molecular complexity index is 411. The number of hydrogen-bond donors (Lipinski definition) is 1. The van der Waals surface area contributed by atoms with E-state index in [4.69, 9.17) is 9.84 Å². The molecule has 0 spiro atoms. The van der Waals surface area contributed by atoms with E-state index >= 15 is 0 Å². The Balaban J connectivity index is 2.00. The molecule has 0 aromatic heterocycles. The number of ether oxygens (including phenoxy) is 1. The van der Waals surface area contributed by atoms with Crippen molar-refractivity contribution in [3.05, 3.63) is 29.3 Å². The highest BCUT2D eigenvalue weighted by Crippen LogP contribution is 2.25. The summed E-state index contributed by atoms with van der Waals surface area (Å²) >= 11 is 1.67. The van der Waals surface area contributed by atoms with Gasteiger partial charge in [0, 0.05) is 17.3 Å². The number of carboxylic acid groups (broad SMARTS) is 1. The molecule has 0 saturated carbocycles. The Morgan fingerprint density at radius 2 is 2.41 bits per heavy atom. The molecule has 1 heterocycles. The van der Waals surface area contributed by atoms with E-state index in [9.17, 15) is 4.79 Å². The molecular formula is C13H16O3S. The Morgan fingerprint density at radius 1 is 1.59 bits per heavy atom. The van der Waals surface area contributed by atoms with Gasteiger partial charge in [-0.15, -0.1) is 11.8 Å². The summed E-state index contributed by atoms with van der Waals surface area (Å²) in [5.74, 6) is 0.0457. The first-order valence-electron chi connectivity index (χ1n) is 5.75. The number of hydrogen-bond acceptors (Lipinski definition) is 3. The molecule has 0 bridgehead atoms. The third kappa shape index (κ3) is 3.23. The molecule has 1 aromatic rings. The number of carbonyl (C=O) groups is 1. The van der Waals surface area contributed by atoms with Crippen LogP contribution >= 0.6 is 11.8 Å². The van der Waals surface area contributed by atoms with Gasteiger partial charge in [-0.05, 0) is 37.5 Å². The van der Waals surface area contributed by atoms with E-state index in [0.29, 0.717) is 11.7 Å². The van der Waals surface area contributed by atoms with Gasteiger partial charge in [0.2, 0.25) is 0 Å². The maximum Gasteiger partial charge on any atom is 0.335 e. The summed E-state index contributed by atoms with van der Waals surface area (Å²) in [6.07, 6.45) is 2.58. The lowest BCUT2D eigenvalue weighted by molar-refractivity contribution is 0.0696. The molecule has 4 heteroatoms. The highest BCUT2D eigenvalue weighted by molar-refractivity contribution is 7.99. The van der Waals surface area contributed by atoms with Crippen molar-refractivity contribution in [2.45, 2.75) is 30.8 Å². The first kappa shape index (κ1) is 12.5. The normalized spacial score (nSPS) is 19.5. The van der Waals surface area contributed by atoms with Crippen molar-refractivity contribution in [3.8, 4) is 0 Å². The van der Waals surface area contributed by atoms with Gasteiger partial charge < -0.3 is 9.84 Å². The van der Waals surface area contributed by atoms with Crippen LogP contribution in [0.15, 0.2) is 23.1 Å². The van der Waals surface area contributed by atoms with Gasteiger partial charge in [0.15, 0.2) is 0 Å². The van der Waals surface area contributed by atoms with Crippen LogP contribution in [0.4, 0.5) is 0 Å². The highest BCUT2D eigenvalue weighted by Gasteiger charge is 2.16. The van der Waals surface area contributed by atoms with Crippen molar-refractivity contribution >= 4 is 17.7 Å². The smallest absolute Gasteiger partial charge is 0.335 e. The Labute approximate surface area is 105 Å². The molecule has 17 heavy (non-hydrogen) atoms. The van der Waals surface area contributed by atoms with Crippen molar-refractivity contribution in [2.24, 2.45) is 0 Å². The molecule has 1 unspecified atom stereocenters. The van der Waals surface area contributed by atoms with E-state index in [2.05, 4.69) is 0 Å². The van der Waals surface area contributed by atoms with Crippen LogP contribution in [-0.4, -0.2) is 29.5 Å². The van der Waals surface area contributed by atoms with Gasteiger partial charge >= 0.3 is 5.97 Å². The highest BCUT2D eigenvalue weighted by atomic mass is 32.2. The van der Waals surface area contributed by atoms with E-state index in [1.807, 2.05) is 19.1 Å². The minimum Gasteiger partial charge on any atom is -0.478 e. The number of carboxylic acids is 1. The number of aromatic carboxylic acids is 1. The zero-order chi connectivity index (χ0) is 12.3. The van der Waals surface area contributed by atoms with E-state index in [1.165, 1.54) is 0 Å². The van der Waals surface area contributed by atoms with Crippen LogP contribution in [-0.2, 0) is 4.74 Å². The van der Waals surface area contributed by atoms with E-state index in [0.717, 1.165) is 35.7 Å². The van der Waals surface area contributed by atoms with Crippen LogP contribution in [0.25, 0.3) is 0 Å². The molecule has 92 valence electrons. The van der Waals surface area contributed by atoms with Gasteiger partial charge in [-0.3, -0.25) is 0 Å². The van der Waals surface area contributed by atoms with Crippen LogP contribution in [0.2, 0.25) is 0 Å². The summed E-state index contributed by atoms with van der Waals surface area (Å²) in [7, 11) is 0. The van der Waals surface area contributed by atoms with Gasteiger partial charge in [-0.1, -0.05) is 6.07 Å². The Morgan fingerprint density at radius 3 is 3.06 bits per heavy atom. The number of benzene rings is 1. The van der Waals surface area contributed by atoms with Crippen LogP contribution in [0.1, 0.15) is 28.8 Å². The van der Waals surface area contributed by atoms with Crippen molar-refractivity contribution in [2.75, 3.05) is 12.4 Å². The maximum absolute atomic E-state index is 11.0. The van der Waals surface area contributed by atoms with Gasteiger partial charge in [-0.25, -0.2) is 4.79 Å². The molecule has 1 saturated heterocycles. The van der Waals surface area contributed by atoms with Crippen LogP contribution in [0.5, 0.6) is 0 Å². The molecule has 1 atom stereocenters. The number of rotatable bonds is 4. The molecule has 2 rings (SSSR count). The average molecular weight is 252 g/mol. The Hall–Kier alpha value is -1.00. The van der Waals surface area contributed by atoms with Crippen LogP contribution in [0, 0.1) is 6.92 Å². The monoisotopic (exact) mass is 252 g/mol. The number of thioether (sulfide) groups is 1. The fraction of sp³-hybridized carbons (Fsp3) is 0.462. The van der Waals surface area contributed by atoms with Crippen molar-refractivity contribution in [3.63, 3.8) is 0 Å². The summed E-state index contributed by atoms with van der Waals surface area (Å²) in [4.78, 5) is 12.0. The van der Waals surface area contributed by atoms with Crippen molar-refractivity contribution in [1.29, 1.82) is 0 Å². The fourth-order valence-corrected chi connectivity index (χ4v) is 2.89. The lowest BCUT2D eigenvalue weighted by atomic mass is 10.1. The molecule has 1 aliphatic heterocycles. The molecule has 1 aliphatic rings. The largest absolute Gasteiger partial charge is 0.478 e. The molecule has 1 aromatic carbocycles. The molecule has 0 aliphatic carbocycles. The summed E-state index contributed by atoms with van der Waals surface area (Å²) < 4.78 is 5.54. The SMILES string of the molecule is Cc1ccc(SCC2CCCO2)cc1C(=O)O. The first-order chi connectivity index (χ1) is 8.16. The summed E-state index contributed by atoms with van der Waals surface area (Å²) in [6, 6.07) is 5.58. The lowest BCUT2D eigenvalue weighted by Gasteiger charge is -2.09. The molecular weight excluding hydrogens is 236 g/mol. The average Bonchev–Trinajstić information content (AvgIpc) is 2.80. The van der Waals surface area contributed by atoms with Crippen molar-refractivity contribution < 1.29 is 14.6 Å². The van der Waals surface area contributed by atoms with Crippen LogP contribution < -0.4 is 0 Å². The van der Waals surface area contributed by atoms with E-state index < -0.39 is 5.97 Å². The fourth-order valence-electron chi connectivity index (χ4n) is 1.89. The lowest BCUT2D eigenvalue weighted by Crippen LogP contribution is -2.07. The minimum atomic E-state index is -0.859. The molecule has 1 fully saturated rings. The van der Waals surface area contributed by atoms with Gasteiger partial charge in [0.1, 0.15) is 0 Å². The third-order valence-electron chi connectivity index (χ3n) is 2.90. The van der Waals surface area contributed by atoms with Gasteiger partial charge in [0.25, 0.3) is 0 Å². The van der Waals surface area contributed by atoms with E-state index in [1.54, 1.807) is 17.8 Å². The zero-order valence-electron chi connectivity index (χ0n) is 9.81. The van der Waals surface area contributed by atoms with Crippen LogP contribution in [0.3, 0.4) is 0 Å². The zero-order valence-corrected chi connectivity index (χ0v) is 10.6. The Kier molecular flexibility index (Phi) is 4.07. The molecule has 3 nitrogen and oxygen atoms in total. The molecule has 1 N–H and O–H groups in total. The van der Waals surface area contributed by atoms with Gasteiger partial charge in [0.05, 0.1) is 11.7 Å². The standard InChI is InChI=1S/C13H16O3S/c1-9-4-5-11(7-12(9)13(14)15)17-8-10-3-2-6-16-10/h4-5,7,10H,2-3,6,8H2,1H3,(H,14,15). The molecule has 0 radical (unpaired) electrons. The second kappa shape index (κ2) is 5.56. The summed E-state index contributed by atoms with van der Waals surface area (Å²) in [5, 5.41) is 9.04. The molecule has 0 amide bonds. The topological polar surface area (TPSA) is 46.5 Å². The summed E-state index contributed by atoms with van der Waals surface area (Å²) in [5.41, 5.74) is 1.20. The van der Waals surface area contributed by atoms with Crippen molar-refractivity contribution in [1.82, 2.24) is 0 Å². The quantitative estimate of drug-likeness (QED) is 0.837. The third-order valence-corrected chi connectivity index (χ3v) is 4.03. The second-order valence-corrected chi connectivity index (χ2v) is 5.32. The maximum atomic E-state index is 11.0. The predicted octanol–water partition coefficient (Wildman–Crippen LogP) is 2.96.